The molecular weight excluding hydrogens is 395 g/mol. The molecule has 30 heavy (non-hydrogen) atoms. The summed E-state index contributed by atoms with van der Waals surface area (Å²) in [6, 6.07) is 5.07. The number of H-pyrrole nitrogens is 1. The van der Waals surface area contributed by atoms with Crippen molar-refractivity contribution in [3.8, 4) is 6.07 Å². The minimum absolute atomic E-state index is 0.0329. The van der Waals surface area contributed by atoms with E-state index in [1.54, 1.807) is 6.92 Å². The van der Waals surface area contributed by atoms with E-state index in [1.165, 1.54) is 19.1 Å². The van der Waals surface area contributed by atoms with E-state index in [-0.39, 0.29) is 22.3 Å². The highest BCUT2D eigenvalue weighted by atomic mass is 19.1. The predicted octanol–water partition coefficient (Wildman–Crippen LogP) is 4.36. The third-order valence-electron chi connectivity index (χ3n) is 5.34. The molecule has 3 aromatic rings. The van der Waals surface area contributed by atoms with Gasteiger partial charge in [-0.1, -0.05) is 12.1 Å². The van der Waals surface area contributed by atoms with Gasteiger partial charge in [-0.3, -0.25) is 14.9 Å². The third kappa shape index (κ3) is 3.10. The van der Waals surface area contributed by atoms with Crippen molar-refractivity contribution in [2.24, 2.45) is 0 Å². The van der Waals surface area contributed by atoms with Gasteiger partial charge in [-0.15, -0.1) is 0 Å². The van der Waals surface area contributed by atoms with Gasteiger partial charge >= 0.3 is 0 Å². The summed E-state index contributed by atoms with van der Waals surface area (Å²) in [6.07, 6.45) is 3.07. The van der Waals surface area contributed by atoms with E-state index in [9.17, 15) is 23.2 Å². The normalized spacial score (nSPS) is 15.1. The molecule has 0 aliphatic heterocycles. The SMILES string of the molecule is Cc1ncc(F)c(C)c1NC(=O)/C(F)=C/c1ccc2c(C3(C#N)CC3)[nH]nc2c1F. The molecule has 0 atom stereocenters. The Labute approximate surface area is 169 Å². The maximum Gasteiger partial charge on any atom is 0.284 e. The lowest BCUT2D eigenvalue weighted by Gasteiger charge is -2.10. The van der Waals surface area contributed by atoms with Crippen LogP contribution >= 0.6 is 0 Å². The molecule has 0 spiro atoms. The fourth-order valence-electron chi connectivity index (χ4n) is 3.35. The number of halogens is 3. The minimum Gasteiger partial charge on any atom is -0.318 e. The summed E-state index contributed by atoms with van der Waals surface area (Å²) in [5.41, 5.74) is 0.137. The fraction of sp³-hybridized carbons (Fsp3) is 0.238. The number of nitrogens with zero attached hydrogens (tertiary/aromatic N) is 3. The number of rotatable bonds is 4. The number of pyridine rings is 1. The molecule has 0 saturated heterocycles. The van der Waals surface area contributed by atoms with Crippen LogP contribution in [0.5, 0.6) is 0 Å². The van der Waals surface area contributed by atoms with E-state index >= 15 is 0 Å². The zero-order chi connectivity index (χ0) is 21.6. The summed E-state index contributed by atoms with van der Waals surface area (Å²) in [6.45, 7) is 2.97. The Balaban J connectivity index is 1.65. The van der Waals surface area contributed by atoms with Crippen molar-refractivity contribution >= 4 is 28.6 Å². The molecule has 2 aromatic heterocycles. The number of anilines is 1. The minimum atomic E-state index is -1.26. The van der Waals surface area contributed by atoms with Crippen molar-refractivity contribution in [2.45, 2.75) is 32.1 Å². The van der Waals surface area contributed by atoms with Gasteiger partial charge in [0.25, 0.3) is 5.91 Å². The van der Waals surface area contributed by atoms with Gasteiger partial charge in [-0.05, 0) is 32.8 Å². The van der Waals surface area contributed by atoms with Crippen molar-refractivity contribution in [2.75, 3.05) is 5.32 Å². The number of carbonyl (C=O) groups excluding carboxylic acids is 1. The van der Waals surface area contributed by atoms with Crippen molar-refractivity contribution in [1.82, 2.24) is 15.2 Å². The Bertz CT molecular complexity index is 1270. The molecule has 2 heterocycles. The highest BCUT2D eigenvalue weighted by Gasteiger charge is 2.47. The first-order chi connectivity index (χ1) is 14.3. The fourth-order valence-corrected chi connectivity index (χ4v) is 3.35. The lowest BCUT2D eigenvalue weighted by atomic mass is 9.99. The molecule has 1 aliphatic rings. The third-order valence-corrected chi connectivity index (χ3v) is 5.34. The van der Waals surface area contributed by atoms with Gasteiger partial charge in [0.1, 0.15) is 11.3 Å². The largest absolute Gasteiger partial charge is 0.318 e. The molecule has 152 valence electrons. The second-order valence-electron chi connectivity index (χ2n) is 7.30. The number of aromatic nitrogens is 3. The Morgan fingerprint density at radius 3 is 2.73 bits per heavy atom. The van der Waals surface area contributed by atoms with Crippen LogP contribution in [0.25, 0.3) is 17.0 Å². The maximum atomic E-state index is 14.9. The van der Waals surface area contributed by atoms with Gasteiger partial charge in [-0.25, -0.2) is 13.2 Å². The van der Waals surface area contributed by atoms with E-state index in [1.807, 2.05) is 0 Å². The van der Waals surface area contributed by atoms with Gasteiger partial charge in [0.15, 0.2) is 11.6 Å². The van der Waals surface area contributed by atoms with E-state index in [2.05, 4.69) is 26.6 Å². The molecule has 0 radical (unpaired) electrons. The van der Waals surface area contributed by atoms with E-state index < -0.39 is 28.8 Å². The van der Waals surface area contributed by atoms with Crippen LogP contribution in [0.15, 0.2) is 24.2 Å². The average Bonchev–Trinajstić information content (AvgIpc) is 3.41. The van der Waals surface area contributed by atoms with Crippen molar-refractivity contribution in [1.29, 1.82) is 5.26 Å². The zero-order valence-electron chi connectivity index (χ0n) is 16.1. The molecule has 1 fully saturated rings. The second kappa shape index (κ2) is 6.99. The lowest BCUT2D eigenvalue weighted by Crippen LogP contribution is -2.15. The molecule has 6 nitrogen and oxygen atoms in total. The van der Waals surface area contributed by atoms with Gasteiger partial charge in [-0.2, -0.15) is 10.4 Å². The maximum absolute atomic E-state index is 14.9. The molecule has 9 heteroatoms. The zero-order valence-corrected chi connectivity index (χ0v) is 16.1. The molecule has 1 amide bonds. The highest BCUT2D eigenvalue weighted by molar-refractivity contribution is 6.05. The highest BCUT2D eigenvalue weighted by Crippen LogP contribution is 2.49. The van der Waals surface area contributed by atoms with Crippen LogP contribution in [-0.2, 0) is 10.2 Å². The van der Waals surface area contributed by atoms with Crippen LogP contribution < -0.4 is 5.32 Å². The van der Waals surface area contributed by atoms with Crippen LogP contribution in [0.3, 0.4) is 0 Å². The standard InChI is InChI=1S/C21H16F3N5O/c1-10-15(23)8-26-11(2)17(10)27-20(30)14(22)7-12-3-4-13-18(16(12)24)28-29-19(13)21(9-25)5-6-21/h3-4,7-8H,5-6H2,1-2H3,(H,27,30)(H,28,29)/b14-7-. The summed E-state index contributed by atoms with van der Waals surface area (Å²) >= 11 is 0. The number of benzene rings is 1. The number of aryl methyl sites for hydroxylation is 1. The molecule has 0 unspecified atom stereocenters. The van der Waals surface area contributed by atoms with Gasteiger partial charge in [0.05, 0.1) is 34.8 Å². The van der Waals surface area contributed by atoms with Crippen LogP contribution in [0.4, 0.5) is 18.9 Å². The number of carbonyl (C=O) groups is 1. The van der Waals surface area contributed by atoms with Crippen LogP contribution in [0.1, 0.15) is 35.4 Å². The smallest absolute Gasteiger partial charge is 0.284 e. The summed E-state index contributed by atoms with van der Waals surface area (Å²) in [4.78, 5) is 16.0. The van der Waals surface area contributed by atoms with Crippen molar-refractivity contribution < 1.29 is 18.0 Å². The van der Waals surface area contributed by atoms with E-state index in [4.69, 9.17) is 0 Å². The van der Waals surface area contributed by atoms with Gasteiger partial charge in [0, 0.05) is 16.5 Å². The van der Waals surface area contributed by atoms with Crippen molar-refractivity contribution in [3.05, 3.63) is 58.3 Å². The summed E-state index contributed by atoms with van der Waals surface area (Å²) < 4.78 is 43.0. The number of hydrogen-bond acceptors (Lipinski definition) is 4. The molecule has 1 aliphatic carbocycles. The van der Waals surface area contributed by atoms with E-state index in [0.29, 0.717) is 29.6 Å². The molecule has 1 saturated carbocycles. The molecule has 1 aromatic carbocycles. The molecular formula is C21H16F3N5O. The Morgan fingerprint density at radius 2 is 2.07 bits per heavy atom. The van der Waals surface area contributed by atoms with Crippen LogP contribution in [-0.4, -0.2) is 21.1 Å². The first-order valence-corrected chi connectivity index (χ1v) is 9.16. The Kier molecular flexibility index (Phi) is 4.57. The van der Waals surface area contributed by atoms with Gasteiger partial charge < -0.3 is 5.32 Å². The summed E-state index contributed by atoms with van der Waals surface area (Å²) in [5, 5.41) is 18.7. The summed E-state index contributed by atoms with van der Waals surface area (Å²) in [5.74, 6) is -3.87. The lowest BCUT2D eigenvalue weighted by molar-refractivity contribution is -0.114. The number of fused-ring (bicyclic) bond motifs is 1. The monoisotopic (exact) mass is 411 g/mol. The van der Waals surface area contributed by atoms with Gasteiger partial charge in [0.2, 0.25) is 0 Å². The number of aromatic amines is 1. The topological polar surface area (TPSA) is 94.5 Å². The number of amides is 1. The van der Waals surface area contributed by atoms with Crippen molar-refractivity contribution in [3.63, 3.8) is 0 Å². The number of nitrogens with one attached hydrogen (secondary N) is 2. The second-order valence-corrected chi connectivity index (χ2v) is 7.30. The first-order valence-electron chi connectivity index (χ1n) is 9.16. The molecule has 4 rings (SSSR count). The predicted molar refractivity (Wildman–Crippen MR) is 104 cm³/mol. The van der Waals surface area contributed by atoms with E-state index in [0.717, 1.165) is 12.3 Å². The Hall–Kier alpha value is -3.67. The Morgan fingerprint density at radius 1 is 1.33 bits per heavy atom. The van der Waals surface area contributed by atoms with Crippen LogP contribution in [0, 0.1) is 36.8 Å². The molecule has 0 bridgehead atoms. The van der Waals surface area contributed by atoms with Crippen LogP contribution in [0.2, 0.25) is 0 Å². The average molecular weight is 411 g/mol. The first kappa shape index (κ1) is 19.6. The number of hydrogen-bond donors (Lipinski definition) is 2. The molecule has 2 N–H and O–H groups in total. The number of nitriles is 1. The summed E-state index contributed by atoms with van der Waals surface area (Å²) in [7, 11) is 0. The quantitative estimate of drug-likeness (QED) is 0.624.